The van der Waals surface area contributed by atoms with Crippen molar-refractivity contribution in [3.05, 3.63) is 83.3 Å². The fourth-order valence-corrected chi connectivity index (χ4v) is 9.00. The minimum absolute atomic E-state index is 0.0474. The summed E-state index contributed by atoms with van der Waals surface area (Å²) in [6.45, 7) is 5.61. The number of pyridine rings is 1. The number of nitrogens with one attached hydrogen (secondary N) is 2. The number of anilines is 2. The van der Waals surface area contributed by atoms with Gasteiger partial charge in [-0.3, -0.25) is 19.8 Å². The first-order valence-electron chi connectivity index (χ1n) is 19.6. The predicted molar refractivity (Wildman–Crippen MR) is 212 cm³/mol. The molecule has 55 heavy (non-hydrogen) atoms. The van der Waals surface area contributed by atoms with E-state index in [1.54, 1.807) is 23.1 Å². The summed E-state index contributed by atoms with van der Waals surface area (Å²) in [6.07, 6.45) is 12.1. The van der Waals surface area contributed by atoms with E-state index >= 15 is 0 Å². The van der Waals surface area contributed by atoms with Crippen LogP contribution in [0.25, 0.3) is 10.9 Å². The molecule has 0 unspecified atom stereocenters. The number of imide groups is 1. The molecule has 8 rings (SSSR count). The van der Waals surface area contributed by atoms with Crippen LogP contribution in [0.5, 0.6) is 5.75 Å². The summed E-state index contributed by atoms with van der Waals surface area (Å²) in [4.78, 5) is 48.5. The molecule has 4 fully saturated rings. The maximum Gasteiger partial charge on any atom is 0.328 e. The summed E-state index contributed by atoms with van der Waals surface area (Å²) in [5, 5.41) is 16.1. The molecule has 3 aliphatic heterocycles. The van der Waals surface area contributed by atoms with Gasteiger partial charge in [-0.2, -0.15) is 5.26 Å². The number of rotatable bonds is 9. The van der Waals surface area contributed by atoms with E-state index in [0.29, 0.717) is 47.0 Å². The molecule has 4 amide bonds. The van der Waals surface area contributed by atoms with E-state index in [4.69, 9.17) is 21.6 Å². The molecule has 13 heteroatoms. The van der Waals surface area contributed by atoms with Gasteiger partial charge in [-0.05, 0) is 99.7 Å². The molecule has 0 bridgehead atoms. The Kier molecular flexibility index (Phi) is 10.9. The molecule has 5 heterocycles. The van der Waals surface area contributed by atoms with Gasteiger partial charge in [0.2, 0.25) is 5.91 Å². The molecule has 2 N–H and O–H groups in total. The van der Waals surface area contributed by atoms with Crippen LogP contribution < -0.4 is 25.2 Å². The second kappa shape index (κ2) is 16.3. The van der Waals surface area contributed by atoms with Gasteiger partial charge in [0.1, 0.15) is 17.5 Å². The van der Waals surface area contributed by atoms with Gasteiger partial charge >= 0.3 is 6.03 Å². The lowest BCUT2D eigenvalue weighted by molar-refractivity contribution is -0.120. The number of ether oxygens (including phenoxy) is 1. The quantitative estimate of drug-likeness (QED) is 0.193. The van der Waals surface area contributed by atoms with E-state index in [2.05, 4.69) is 54.4 Å². The standard InChI is InChI=1S/C42H47ClN8O4/c43-36-24-34(8-4-29(36)25-44)55-33-9-5-30(6-10-33)46-41(53)37-11-7-32(26-45-37)49-20-12-28(13-21-49)27-48-18-14-31(15-19-48)50-22-16-35-38(50)2-1-3-39(35)51-23-17-40(52)47-42(51)54/h1-4,7-8,11,16,22,24,26,28,30-31,33H,5-6,9-10,12-15,17-21,23,27H2,(H,46,53)(H,47,52,54)/t30-,33-. The van der Waals surface area contributed by atoms with E-state index in [0.717, 1.165) is 106 Å². The molecule has 12 nitrogen and oxygen atoms in total. The van der Waals surface area contributed by atoms with Crippen molar-refractivity contribution < 1.29 is 19.1 Å². The summed E-state index contributed by atoms with van der Waals surface area (Å²) in [7, 11) is 0. The molecule has 0 radical (unpaired) electrons. The lowest BCUT2D eigenvalue weighted by Crippen LogP contribution is -2.49. The highest BCUT2D eigenvalue weighted by molar-refractivity contribution is 6.31. The normalized spacial score (nSPS) is 21.7. The number of piperidine rings is 2. The van der Waals surface area contributed by atoms with E-state index in [-0.39, 0.29) is 30.0 Å². The Morgan fingerprint density at radius 2 is 1.75 bits per heavy atom. The molecule has 286 valence electrons. The third-order valence-corrected chi connectivity index (χ3v) is 12.2. The van der Waals surface area contributed by atoms with Gasteiger partial charge in [0.25, 0.3) is 5.91 Å². The molecule has 0 spiro atoms. The number of likely N-dealkylation sites (tertiary alicyclic amines) is 1. The fraction of sp³-hybridized carbons (Fsp3) is 0.452. The molecular formula is C42H47ClN8O4. The van der Waals surface area contributed by atoms with Crippen LogP contribution in [0.1, 0.15) is 79.9 Å². The third-order valence-electron chi connectivity index (χ3n) is 11.9. The zero-order chi connectivity index (χ0) is 37.9. The van der Waals surface area contributed by atoms with Gasteiger partial charge in [0, 0.05) is 75.4 Å². The van der Waals surface area contributed by atoms with Crippen LogP contribution in [0.2, 0.25) is 5.02 Å². The molecule has 4 aromatic rings. The number of urea groups is 1. The van der Waals surface area contributed by atoms with Crippen molar-refractivity contribution in [1.82, 2.24) is 25.1 Å². The predicted octanol–water partition coefficient (Wildman–Crippen LogP) is 6.68. The van der Waals surface area contributed by atoms with Crippen LogP contribution in [0, 0.1) is 17.2 Å². The average molecular weight is 763 g/mol. The number of carbonyl (C=O) groups is 3. The minimum atomic E-state index is -0.350. The van der Waals surface area contributed by atoms with Crippen LogP contribution >= 0.6 is 11.6 Å². The van der Waals surface area contributed by atoms with Crippen molar-refractivity contribution in [3.8, 4) is 11.8 Å². The van der Waals surface area contributed by atoms with E-state index in [1.807, 2.05) is 30.5 Å². The molecule has 0 atom stereocenters. The van der Waals surface area contributed by atoms with Crippen molar-refractivity contribution in [1.29, 1.82) is 5.26 Å². The highest BCUT2D eigenvalue weighted by Gasteiger charge is 2.29. The molecule has 2 aromatic heterocycles. The van der Waals surface area contributed by atoms with Gasteiger partial charge in [0.05, 0.1) is 39.8 Å². The summed E-state index contributed by atoms with van der Waals surface area (Å²) in [5.41, 5.74) is 3.92. The van der Waals surface area contributed by atoms with Crippen molar-refractivity contribution in [3.63, 3.8) is 0 Å². The first kappa shape index (κ1) is 36.8. The van der Waals surface area contributed by atoms with Crippen molar-refractivity contribution in [2.45, 2.75) is 76.0 Å². The second-order valence-corrected chi connectivity index (χ2v) is 15.8. The van der Waals surface area contributed by atoms with Gasteiger partial charge in [-0.1, -0.05) is 17.7 Å². The van der Waals surface area contributed by atoms with Crippen LogP contribution in [-0.2, 0) is 4.79 Å². The Balaban J connectivity index is 0.760. The largest absolute Gasteiger partial charge is 0.490 e. The molecule has 4 aliphatic rings. The van der Waals surface area contributed by atoms with Crippen molar-refractivity contribution in [2.24, 2.45) is 5.92 Å². The maximum atomic E-state index is 13.1. The number of fused-ring (bicyclic) bond motifs is 1. The fourth-order valence-electron chi connectivity index (χ4n) is 8.78. The molecule has 1 aliphatic carbocycles. The number of nitrogens with zero attached hydrogens (tertiary/aromatic N) is 6. The first-order valence-corrected chi connectivity index (χ1v) is 20.0. The number of nitriles is 1. The first-order chi connectivity index (χ1) is 26.8. The highest BCUT2D eigenvalue weighted by atomic mass is 35.5. The van der Waals surface area contributed by atoms with E-state index in [1.165, 1.54) is 0 Å². The lowest BCUT2D eigenvalue weighted by Gasteiger charge is -2.38. The number of hydrogen-bond acceptors (Lipinski definition) is 8. The topological polar surface area (TPSA) is 136 Å². The van der Waals surface area contributed by atoms with E-state index < -0.39 is 0 Å². The highest BCUT2D eigenvalue weighted by Crippen LogP contribution is 2.34. The van der Waals surface area contributed by atoms with E-state index in [9.17, 15) is 14.4 Å². The van der Waals surface area contributed by atoms with Crippen LogP contribution in [0.3, 0.4) is 0 Å². The zero-order valence-corrected chi connectivity index (χ0v) is 31.7. The van der Waals surface area contributed by atoms with Gasteiger partial charge < -0.3 is 24.4 Å². The van der Waals surface area contributed by atoms with Crippen LogP contribution in [-0.4, -0.2) is 83.7 Å². The number of carbonyl (C=O) groups excluding carboxylic acids is 3. The number of halogens is 1. The number of hydrogen-bond donors (Lipinski definition) is 2. The summed E-state index contributed by atoms with van der Waals surface area (Å²) in [5.74, 6) is 0.956. The smallest absolute Gasteiger partial charge is 0.328 e. The van der Waals surface area contributed by atoms with Gasteiger partial charge in [0.15, 0.2) is 0 Å². The zero-order valence-electron chi connectivity index (χ0n) is 31.0. The lowest BCUT2D eigenvalue weighted by atomic mass is 9.92. The molecule has 3 saturated heterocycles. The Bertz CT molecular complexity index is 2070. The number of aromatic nitrogens is 2. The van der Waals surface area contributed by atoms with Crippen molar-refractivity contribution >= 4 is 51.7 Å². The second-order valence-electron chi connectivity index (χ2n) is 15.4. The summed E-state index contributed by atoms with van der Waals surface area (Å²) >= 11 is 6.16. The number of amides is 4. The van der Waals surface area contributed by atoms with Gasteiger partial charge in [-0.25, -0.2) is 9.78 Å². The maximum absolute atomic E-state index is 13.1. The SMILES string of the molecule is N#Cc1ccc(O[C@H]2CC[C@H](NC(=O)c3ccc(N4CCC(CN5CCC(n6ccc7c(N8CCC(=O)NC8=O)cccc76)CC5)CC4)cn3)CC2)cc1Cl. The minimum Gasteiger partial charge on any atom is -0.490 e. The molecule has 2 aromatic carbocycles. The van der Waals surface area contributed by atoms with Crippen molar-refractivity contribution in [2.75, 3.05) is 49.1 Å². The van der Waals surface area contributed by atoms with Crippen LogP contribution in [0.4, 0.5) is 16.2 Å². The third kappa shape index (κ3) is 8.28. The molecule has 1 saturated carbocycles. The monoisotopic (exact) mass is 762 g/mol. The average Bonchev–Trinajstić information content (AvgIpc) is 3.64. The Labute approximate surface area is 326 Å². The Hall–Kier alpha value is -5.12. The van der Waals surface area contributed by atoms with Gasteiger partial charge in [-0.15, -0.1) is 0 Å². The summed E-state index contributed by atoms with van der Waals surface area (Å²) < 4.78 is 8.48. The Morgan fingerprint density at radius 3 is 2.45 bits per heavy atom. The Morgan fingerprint density at radius 1 is 0.945 bits per heavy atom. The molecular weight excluding hydrogens is 716 g/mol. The summed E-state index contributed by atoms with van der Waals surface area (Å²) in [6, 6.07) is 19.4. The van der Waals surface area contributed by atoms with Crippen LogP contribution in [0.15, 0.2) is 67.0 Å². The number of benzene rings is 2.